The molecule has 0 aliphatic carbocycles. The van der Waals surface area contributed by atoms with Gasteiger partial charge in [-0.25, -0.2) is 4.79 Å². The van der Waals surface area contributed by atoms with E-state index < -0.39 is 5.97 Å². The fraction of sp³-hybridized carbons (Fsp3) is 0.444. The third-order valence-electron chi connectivity index (χ3n) is 3.25. The minimum atomic E-state index is -1.26. The number of aromatic hydroxyl groups is 1. The van der Waals surface area contributed by atoms with Crippen molar-refractivity contribution in [2.75, 3.05) is 6.54 Å². The molecule has 1 aromatic rings. The Kier molecular flexibility index (Phi) is 9.36. The van der Waals surface area contributed by atoms with Gasteiger partial charge in [0.25, 0.3) is 0 Å². The Morgan fingerprint density at radius 1 is 1.22 bits per heavy atom. The van der Waals surface area contributed by atoms with Crippen LogP contribution >= 0.6 is 0 Å². The monoisotopic (exact) mass is 318 g/mol. The molecule has 0 spiro atoms. The summed E-state index contributed by atoms with van der Waals surface area (Å²) in [5.74, 6) is -1.17. The second-order valence-corrected chi connectivity index (χ2v) is 5.58. The molecule has 0 aromatic heterocycles. The molecule has 0 aliphatic rings. The summed E-state index contributed by atoms with van der Waals surface area (Å²) in [6, 6.07) is 8.83. The summed E-state index contributed by atoms with van der Waals surface area (Å²) in [7, 11) is 0. The fourth-order valence-electron chi connectivity index (χ4n) is 2.21. The Morgan fingerprint density at radius 3 is 1.96 bits per heavy atom. The van der Waals surface area contributed by atoms with Crippen LogP contribution in [0.5, 0.6) is 5.75 Å². The third kappa shape index (κ3) is 8.03. The van der Waals surface area contributed by atoms with Crippen molar-refractivity contribution in [3.63, 3.8) is 0 Å². The summed E-state index contributed by atoms with van der Waals surface area (Å²) in [4.78, 5) is 12.9. The van der Waals surface area contributed by atoms with Crippen LogP contribution in [0.2, 0.25) is 0 Å². The van der Waals surface area contributed by atoms with E-state index in [1.54, 1.807) is 6.07 Å². The number of hydrogen-bond donors (Lipinski definition) is 2. The molecule has 2 N–H and O–H groups in total. The lowest BCUT2D eigenvalue weighted by Crippen LogP contribution is -2.36. The first-order valence-electron chi connectivity index (χ1n) is 7.62. The Balaban J connectivity index is 0.000000468. The van der Waals surface area contributed by atoms with Gasteiger partial charge in [-0.3, -0.25) is 4.90 Å². The van der Waals surface area contributed by atoms with Crippen LogP contribution in [0.15, 0.2) is 29.8 Å². The summed E-state index contributed by atoms with van der Waals surface area (Å²) in [5, 5.41) is 26.0. The van der Waals surface area contributed by atoms with E-state index in [0.717, 1.165) is 6.54 Å². The van der Waals surface area contributed by atoms with Gasteiger partial charge < -0.3 is 10.2 Å². The van der Waals surface area contributed by atoms with E-state index >= 15 is 0 Å². The molecular weight excluding hydrogens is 292 g/mol. The maximum atomic E-state index is 10.5. The first-order valence-corrected chi connectivity index (χ1v) is 7.62. The molecule has 5 nitrogen and oxygen atoms in total. The number of rotatable bonds is 5. The summed E-state index contributed by atoms with van der Waals surface area (Å²) >= 11 is 0. The van der Waals surface area contributed by atoms with Gasteiger partial charge in [-0.2, -0.15) is 5.26 Å². The molecule has 0 aliphatic heterocycles. The van der Waals surface area contributed by atoms with E-state index in [2.05, 4.69) is 39.5 Å². The Bertz CT molecular complexity index is 547. The molecule has 23 heavy (non-hydrogen) atoms. The van der Waals surface area contributed by atoms with Gasteiger partial charge in [0.2, 0.25) is 0 Å². The predicted molar refractivity (Wildman–Crippen MR) is 92.0 cm³/mol. The largest absolute Gasteiger partial charge is 0.508 e. The summed E-state index contributed by atoms with van der Waals surface area (Å²) in [6.45, 7) is 12.3. The van der Waals surface area contributed by atoms with Crippen LogP contribution in [0.4, 0.5) is 0 Å². The average molecular weight is 318 g/mol. The number of carboxylic acid groups (broad SMARTS) is 1. The number of carbonyl (C=O) groups is 1. The van der Waals surface area contributed by atoms with Gasteiger partial charge in [0, 0.05) is 12.1 Å². The van der Waals surface area contributed by atoms with Crippen molar-refractivity contribution >= 4 is 12.0 Å². The van der Waals surface area contributed by atoms with Gasteiger partial charge >= 0.3 is 5.97 Å². The normalized spacial score (nSPS) is 11.2. The van der Waals surface area contributed by atoms with E-state index in [1.165, 1.54) is 30.3 Å². The molecule has 0 amide bonds. The van der Waals surface area contributed by atoms with Crippen molar-refractivity contribution in [3.8, 4) is 11.8 Å². The Labute approximate surface area is 138 Å². The number of phenolic OH excluding ortho intramolecular Hbond substituents is 1. The number of carboxylic acids is 1. The van der Waals surface area contributed by atoms with Crippen LogP contribution in [-0.2, 0) is 4.79 Å². The van der Waals surface area contributed by atoms with Crippen LogP contribution in [0.25, 0.3) is 6.08 Å². The zero-order valence-electron chi connectivity index (χ0n) is 14.4. The number of nitrogens with zero attached hydrogens (tertiary/aromatic N) is 2. The van der Waals surface area contributed by atoms with Crippen molar-refractivity contribution in [2.45, 2.75) is 46.7 Å². The fourth-order valence-corrected chi connectivity index (χ4v) is 2.21. The van der Waals surface area contributed by atoms with Crippen LogP contribution in [0.1, 0.15) is 40.2 Å². The smallest absolute Gasteiger partial charge is 0.346 e. The molecule has 5 heteroatoms. The molecule has 0 saturated carbocycles. The predicted octanol–water partition coefficient (Wildman–Crippen LogP) is 3.51. The molecule has 1 aromatic carbocycles. The van der Waals surface area contributed by atoms with Gasteiger partial charge in [-0.15, -0.1) is 0 Å². The topological polar surface area (TPSA) is 84.6 Å². The lowest BCUT2D eigenvalue weighted by Gasteiger charge is -2.28. The molecule has 1 rings (SSSR count). The zero-order valence-corrected chi connectivity index (χ0v) is 14.4. The first kappa shape index (κ1) is 20.7. The lowest BCUT2D eigenvalue weighted by molar-refractivity contribution is -0.132. The highest BCUT2D eigenvalue weighted by molar-refractivity contribution is 5.96. The lowest BCUT2D eigenvalue weighted by atomic mass is 10.1. The van der Waals surface area contributed by atoms with E-state index in [-0.39, 0.29) is 11.3 Å². The van der Waals surface area contributed by atoms with Gasteiger partial charge in [0.05, 0.1) is 0 Å². The molecule has 0 heterocycles. The number of nitriles is 1. The van der Waals surface area contributed by atoms with Crippen molar-refractivity contribution in [1.82, 2.24) is 4.90 Å². The molecule has 0 saturated heterocycles. The van der Waals surface area contributed by atoms with Crippen molar-refractivity contribution in [3.05, 3.63) is 35.4 Å². The molecule has 0 unspecified atom stereocenters. The summed E-state index contributed by atoms with van der Waals surface area (Å²) in [5.41, 5.74) is 0.220. The highest BCUT2D eigenvalue weighted by atomic mass is 16.4. The summed E-state index contributed by atoms with van der Waals surface area (Å²) < 4.78 is 0. The third-order valence-corrected chi connectivity index (χ3v) is 3.25. The minimum Gasteiger partial charge on any atom is -0.508 e. The quantitative estimate of drug-likeness (QED) is 0.641. The highest BCUT2D eigenvalue weighted by Crippen LogP contribution is 2.12. The minimum absolute atomic E-state index is 0.0935. The Morgan fingerprint density at radius 2 is 1.70 bits per heavy atom. The molecule has 0 bridgehead atoms. The van der Waals surface area contributed by atoms with Crippen molar-refractivity contribution < 1.29 is 15.0 Å². The average Bonchev–Trinajstić information content (AvgIpc) is 2.46. The molecule has 0 atom stereocenters. The number of hydrogen-bond acceptors (Lipinski definition) is 4. The standard InChI is InChI=1S/C10H7NO3.C8H19N/c11-6-8(10(13)14)5-7-1-3-9(12)4-2-7;1-6-9(7(2)3)8(4)5/h1-5,12H,(H,13,14);7-8H,6H2,1-5H3/b8-5-;. The number of phenols is 1. The molecular formula is C18H26N2O3. The van der Waals surface area contributed by atoms with E-state index in [9.17, 15) is 4.79 Å². The maximum absolute atomic E-state index is 10.5. The van der Waals surface area contributed by atoms with E-state index in [4.69, 9.17) is 15.5 Å². The van der Waals surface area contributed by atoms with Gasteiger partial charge in [0.1, 0.15) is 17.4 Å². The Hall–Kier alpha value is -2.32. The van der Waals surface area contributed by atoms with Crippen LogP contribution in [-0.4, -0.2) is 39.7 Å². The van der Waals surface area contributed by atoms with Crippen LogP contribution in [0.3, 0.4) is 0 Å². The number of benzene rings is 1. The SMILES string of the molecule is CCN(C(C)C)C(C)C.N#C/C(=C/c1ccc(O)cc1)C(=O)O. The molecule has 0 fully saturated rings. The van der Waals surface area contributed by atoms with Gasteiger partial charge in [0.15, 0.2) is 0 Å². The highest BCUT2D eigenvalue weighted by Gasteiger charge is 2.09. The second kappa shape index (κ2) is 10.4. The molecule has 126 valence electrons. The first-order chi connectivity index (χ1) is 10.7. The number of aliphatic carboxylic acids is 1. The van der Waals surface area contributed by atoms with Crippen LogP contribution < -0.4 is 0 Å². The van der Waals surface area contributed by atoms with E-state index in [1.807, 2.05) is 0 Å². The van der Waals surface area contributed by atoms with E-state index in [0.29, 0.717) is 17.6 Å². The van der Waals surface area contributed by atoms with Crippen molar-refractivity contribution in [2.24, 2.45) is 0 Å². The summed E-state index contributed by atoms with van der Waals surface area (Å²) in [6.07, 6.45) is 1.24. The van der Waals surface area contributed by atoms with Gasteiger partial charge in [-0.05, 0) is 58.0 Å². The zero-order chi connectivity index (χ0) is 18.0. The molecule has 0 radical (unpaired) electrons. The van der Waals surface area contributed by atoms with Crippen molar-refractivity contribution in [1.29, 1.82) is 5.26 Å². The van der Waals surface area contributed by atoms with Crippen LogP contribution in [0, 0.1) is 11.3 Å². The second-order valence-electron chi connectivity index (χ2n) is 5.58. The van der Waals surface area contributed by atoms with Gasteiger partial charge in [-0.1, -0.05) is 19.1 Å². The maximum Gasteiger partial charge on any atom is 0.346 e.